The Hall–Kier alpha value is -0.110. The summed E-state index contributed by atoms with van der Waals surface area (Å²) >= 11 is 9.02. The number of para-hydroxylation sites is 1. The number of anilines is 1. The first-order chi connectivity index (χ1) is 9.06. The van der Waals surface area contributed by atoms with Crippen LogP contribution in [0.2, 0.25) is 0 Å². The predicted octanol–water partition coefficient (Wildman–Crippen LogP) is 6.20. The van der Waals surface area contributed by atoms with Crippen LogP contribution in [-0.2, 0) is 6.54 Å². The van der Waals surface area contributed by atoms with Crippen LogP contribution in [0.15, 0.2) is 43.5 Å². The molecule has 1 heterocycles. The first-order valence-corrected chi connectivity index (χ1v) is 8.56. The molecule has 0 amide bonds. The molecule has 0 aliphatic heterocycles. The average molecular weight is 429 g/mol. The fourth-order valence-corrected chi connectivity index (χ4v) is 4.21. The Labute approximate surface area is 135 Å². The van der Waals surface area contributed by atoms with Crippen LogP contribution in [0.4, 0.5) is 14.5 Å². The second-order valence-electron chi connectivity index (χ2n) is 3.56. The minimum absolute atomic E-state index is 0.558. The fraction of sp³-hybridized carbons (Fsp3) is 0.167. The topological polar surface area (TPSA) is 12.0 Å². The summed E-state index contributed by atoms with van der Waals surface area (Å²) < 4.78 is 26.9. The van der Waals surface area contributed by atoms with Crippen LogP contribution >= 0.6 is 55.0 Å². The lowest BCUT2D eigenvalue weighted by molar-refractivity contribution is 0.252. The van der Waals surface area contributed by atoms with Gasteiger partial charge in [0.15, 0.2) is 0 Å². The van der Waals surface area contributed by atoms with Crippen LogP contribution in [0, 0.1) is 0 Å². The molecule has 0 saturated heterocycles. The van der Waals surface area contributed by atoms with Crippen LogP contribution in [0.3, 0.4) is 0 Å². The Morgan fingerprint density at radius 3 is 2.63 bits per heavy atom. The lowest BCUT2D eigenvalue weighted by Gasteiger charge is -2.10. The van der Waals surface area contributed by atoms with Crippen LogP contribution in [0.25, 0.3) is 0 Å². The number of thioether (sulfide) groups is 1. The molecule has 102 valence electrons. The Balaban J connectivity index is 2.06. The summed E-state index contributed by atoms with van der Waals surface area (Å²) in [5.74, 6) is -2.41. The number of halogens is 4. The van der Waals surface area contributed by atoms with Gasteiger partial charge in [0.05, 0.1) is 3.79 Å². The largest absolute Gasteiger partial charge is 0.379 e. The molecule has 2 aromatic rings. The van der Waals surface area contributed by atoms with Crippen molar-refractivity contribution < 1.29 is 8.78 Å². The van der Waals surface area contributed by atoms with Gasteiger partial charge in [0.1, 0.15) is 0 Å². The SMILES string of the molecule is FC(F)Sc1ccccc1NCc1cc(Br)c(Br)s1. The zero-order chi connectivity index (χ0) is 13.8. The lowest BCUT2D eigenvalue weighted by atomic mass is 10.3. The first kappa shape index (κ1) is 15.3. The maximum Gasteiger partial charge on any atom is 0.288 e. The smallest absolute Gasteiger partial charge is 0.288 e. The Morgan fingerprint density at radius 1 is 1.26 bits per heavy atom. The zero-order valence-corrected chi connectivity index (χ0v) is 14.3. The molecule has 0 atom stereocenters. The van der Waals surface area contributed by atoms with Crippen molar-refractivity contribution in [2.45, 2.75) is 17.2 Å². The number of benzene rings is 1. The van der Waals surface area contributed by atoms with E-state index in [2.05, 4.69) is 37.2 Å². The molecule has 1 nitrogen and oxygen atoms in total. The third-order valence-corrected chi connectivity index (χ3v) is 6.30. The van der Waals surface area contributed by atoms with Gasteiger partial charge in [0.2, 0.25) is 0 Å². The van der Waals surface area contributed by atoms with Gasteiger partial charge in [0.25, 0.3) is 5.76 Å². The standard InChI is InChI=1S/C12H9Br2F2NS2/c13-8-5-7(18-11(8)14)6-17-9-3-1-2-4-10(9)19-12(15)16/h1-5,12,17H,6H2. The maximum atomic E-state index is 12.4. The normalized spacial score (nSPS) is 11.0. The van der Waals surface area contributed by atoms with Gasteiger partial charge in [-0.2, -0.15) is 8.78 Å². The van der Waals surface area contributed by atoms with Gasteiger partial charge >= 0.3 is 0 Å². The quantitative estimate of drug-likeness (QED) is 0.569. The third-order valence-electron chi connectivity index (χ3n) is 2.25. The van der Waals surface area contributed by atoms with Gasteiger partial charge in [-0.3, -0.25) is 0 Å². The van der Waals surface area contributed by atoms with Crippen LogP contribution in [-0.4, -0.2) is 5.76 Å². The summed E-state index contributed by atoms with van der Waals surface area (Å²) in [5.41, 5.74) is 0.730. The maximum absolute atomic E-state index is 12.4. The van der Waals surface area contributed by atoms with Crippen molar-refractivity contribution in [3.63, 3.8) is 0 Å². The van der Waals surface area contributed by atoms with Crippen molar-refractivity contribution in [3.8, 4) is 0 Å². The van der Waals surface area contributed by atoms with E-state index in [1.165, 1.54) is 0 Å². The molecule has 1 aromatic heterocycles. The minimum atomic E-state index is -2.41. The van der Waals surface area contributed by atoms with Gasteiger partial charge in [-0.1, -0.05) is 23.9 Å². The molecule has 0 aliphatic carbocycles. The van der Waals surface area contributed by atoms with E-state index in [4.69, 9.17) is 0 Å². The summed E-state index contributed by atoms with van der Waals surface area (Å²) in [6.45, 7) is 0.607. The van der Waals surface area contributed by atoms with E-state index in [1.807, 2.05) is 18.2 Å². The van der Waals surface area contributed by atoms with Gasteiger partial charge < -0.3 is 5.32 Å². The molecule has 19 heavy (non-hydrogen) atoms. The van der Waals surface area contributed by atoms with Crippen LogP contribution in [0.1, 0.15) is 4.88 Å². The summed E-state index contributed by atoms with van der Waals surface area (Å²) in [4.78, 5) is 1.68. The van der Waals surface area contributed by atoms with Crippen molar-refractivity contribution in [1.29, 1.82) is 0 Å². The summed E-state index contributed by atoms with van der Waals surface area (Å²) in [7, 11) is 0. The molecule has 0 saturated carbocycles. The summed E-state index contributed by atoms with van der Waals surface area (Å²) in [6, 6.07) is 9.10. The first-order valence-electron chi connectivity index (χ1n) is 5.27. The Morgan fingerprint density at radius 2 is 2.00 bits per heavy atom. The van der Waals surface area contributed by atoms with Gasteiger partial charge in [-0.05, 0) is 50.1 Å². The van der Waals surface area contributed by atoms with E-state index >= 15 is 0 Å². The number of hydrogen-bond donors (Lipinski definition) is 1. The molecule has 0 unspecified atom stereocenters. The molecule has 1 aromatic carbocycles. The molecule has 0 spiro atoms. The zero-order valence-electron chi connectivity index (χ0n) is 9.50. The molecule has 0 radical (unpaired) electrons. The highest BCUT2D eigenvalue weighted by atomic mass is 79.9. The van der Waals surface area contributed by atoms with E-state index in [-0.39, 0.29) is 0 Å². The van der Waals surface area contributed by atoms with Gasteiger partial charge in [-0.25, -0.2) is 0 Å². The molecular weight excluding hydrogens is 420 g/mol. The minimum Gasteiger partial charge on any atom is -0.379 e. The third kappa shape index (κ3) is 4.44. The number of hydrogen-bond acceptors (Lipinski definition) is 3. The number of alkyl halides is 2. The van der Waals surface area contributed by atoms with Crippen LogP contribution in [0.5, 0.6) is 0 Å². The summed E-state index contributed by atoms with van der Waals surface area (Å²) in [5, 5.41) is 3.19. The van der Waals surface area contributed by atoms with Gasteiger partial charge in [0, 0.05) is 26.5 Å². The number of nitrogens with one attached hydrogen (secondary N) is 1. The second kappa shape index (κ2) is 7.06. The highest BCUT2D eigenvalue weighted by Gasteiger charge is 2.10. The molecule has 2 rings (SSSR count). The van der Waals surface area contributed by atoms with Crippen LogP contribution < -0.4 is 5.32 Å². The second-order valence-corrected chi connectivity index (χ2v) is 7.90. The monoisotopic (exact) mass is 427 g/mol. The van der Waals surface area contributed by atoms with Crippen molar-refractivity contribution in [2.75, 3.05) is 5.32 Å². The van der Waals surface area contributed by atoms with Crippen molar-refractivity contribution in [1.82, 2.24) is 0 Å². The van der Waals surface area contributed by atoms with Crippen molar-refractivity contribution >= 4 is 60.6 Å². The van der Waals surface area contributed by atoms with E-state index in [0.29, 0.717) is 23.2 Å². The summed E-state index contributed by atoms with van der Waals surface area (Å²) in [6.07, 6.45) is 0. The number of thiophene rings is 1. The van der Waals surface area contributed by atoms with E-state index in [9.17, 15) is 8.78 Å². The predicted molar refractivity (Wildman–Crippen MR) is 85.3 cm³/mol. The van der Waals surface area contributed by atoms with Crippen molar-refractivity contribution in [2.24, 2.45) is 0 Å². The highest BCUT2D eigenvalue weighted by molar-refractivity contribution is 9.13. The number of rotatable bonds is 5. The fourth-order valence-electron chi connectivity index (χ4n) is 1.47. The van der Waals surface area contributed by atoms with E-state index in [0.717, 1.165) is 18.8 Å². The average Bonchev–Trinajstić information content (AvgIpc) is 2.67. The molecule has 0 aliphatic rings. The Bertz CT molecular complexity index is 541. The molecule has 7 heteroatoms. The molecular formula is C12H9Br2F2NS2. The van der Waals surface area contributed by atoms with E-state index < -0.39 is 5.76 Å². The molecule has 0 bridgehead atoms. The lowest BCUT2D eigenvalue weighted by Crippen LogP contribution is -1.99. The van der Waals surface area contributed by atoms with E-state index in [1.54, 1.807) is 23.5 Å². The highest BCUT2D eigenvalue weighted by Crippen LogP contribution is 2.34. The molecule has 1 N–H and O–H groups in total. The Kier molecular flexibility index (Phi) is 5.68. The molecule has 0 fully saturated rings. The van der Waals surface area contributed by atoms with Gasteiger partial charge in [-0.15, -0.1) is 11.3 Å². The van der Waals surface area contributed by atoms with Crippen molar-refractivity contribution in [3.05, 3.63) is 43.5 Å².